The molecule has 0 spiro atoms. The van der Waals surface area contributed by atoms with Crippen LogP contribution in [0.15, 0.2) is 81.7 Å². The second-order valence-corrected chi connectivity index (χ2v) is 10.3. The van der Waals surface area contributed by atoms with Crippen molar-refractivity contribution in [2.75, 3.05) is 23.9 Å². The molecule has 0 unspecified atom stereocenters. The van der Waals surface area contributed by atoms with E-state index in [2.05, 4.69) is 31.9 Å². The van der Waals surface area contributed by atoms with Crippen LogP contribution in [0.25, 0.3) is 21.9 Å². The zero-order valence-electron chi connectivity index (χ0n) is 18.4. The molecule has 0 saturated carbocycles. The Hall–Kier alpha value is -3.22. The van der Waals surface area contributed by atoms with Crippen molar-refractivity contribution in [1.29, 1.82) is 0 Å². The summed E-state index contributed by atoms with van der Waals surface area (Å²) in [6.07, 6.45) is 0. The van der Waals surface area contributed by atoms with Gasteiger partial charge in [0, 0.05) is 44.3 Å². The Morgan fingerprint density at radius 1 is 0.529 bits per heavy atom. The van der Waals surface area contributed by atoms with E-state index in [4.69, 9.17) is 0 Å². The van der Waals surface area contributed by atoms with Crippen LogP contribution in [0.3, 0.4) is 0 Å². The molecular weight excluding hydrogens is 556 g/mol. The van der Waals surface area contributed by atoms with Crippen LogP contribution in [0, 0.1) is 0 Å². The molecule has 2 amide bonds. The molecule has 0 radical (unpaired) electrons. The molecule has 4 aromatic carbocycles. The van der Waals surface area contributed by atoms with E-state index in [0.29, 0.717) is 11.1 Å². The van der Waals surface area contributed by atoms with E-state index >= 15 is 0 Å². The highest BCUT2D eigenvalue weighted by atomic mass is 79.9. The van der Waals surface area contributed by atoms with Crippen LogP contribution in [0.4, 0.5) is 11.4 Å². The first kappa shape index (κ1) is 21.3. The number of anilines is 2. The van der Waals surface area contributed by atoms with Crippen molar-refractivity contribution >= 4 is 77.0 Å². The number of halogens is 2. The second-order valence-electron chi connectivity index (χ2n) is 8.51. The van der Waals surface area contributed by atoms with Crippen LogP contribution in [-0.2, 0) is 9.59 Å². The van der Waals surface area contributed by atoms with Gasteiger partial charge >= 0.3 is 0 Å². The number of carbonyl (C=O) groups excluding carboxylic acids is 2. The van der Waals surface area contributed by atoms with Gasteiger partial charge in [-0.25, -0.2) is 0 Å². The minimum atomic E-state index is -0.0307. The predicted octanol–water partition coefficient (Wildman–Crippen LogP) is 4.72. The lowest BCUT2D eigenvalue weighted by molar-refractivity contribution is -0.113. The summed E-state index contributed by atoms with van der Waals surface area (Å²) in [7, 11) is 3.63. The maximum Gasteiger partial charge on any atom is 0.259 e. The van der Waals surface area contributed by atoms with Gasteiger partial charge in [0.25, 0.3) is 11.8 Å². The fourth-order valence-corrected chi connectivity index (χ4v) is 5.59. The van der Waals surface area contributed by atoms with Crippen LogP contribution < -0.4 is 20.2 Å². The Morgan fingerprint density at radius 2 is 0.882 bits per heavy atom. The van der Waals surface area contributed by atoms with Gasteiger partial charge in [0.05, 0.1) is 22.5 Å². The first-order chi connectivity index (χ1) is 16.4. The van der Waals surface area contributed by atoms with Crippen molar-refractivity contribution in [3.63, 3.8) is 0 Å². The minimum Gasteiger partial charge on any atom is -0.310 e. The lowest BCUT2D eigenvalue weighted by Crippen LogP contribution is -2.24. The number of amides is 2. The highest BCUT2D eigenvalue weighted by Crippen LogP contribution is 2.36. The van der Waals surface area contributed by atoms with Crippen molar-refractivity contribution < 1.29 is 9.59 Å². The van der Waals surface area contributed by atoms with Gasteiger partial charge in [0.2, 0.25) is 0 Å². The lowest BCUT2D eigenvalue weighted by atomic mass is 9.99. The van der Waals surface area contributed by atoms with Crippen LogP contribution in [0.1, 0.15) is 11.1 Å². The van der Waals surface area contributed by atoms with Crippen molar-refractivity contribution in [3.8, 4) is 0 Å². The van der Waals surface area contributed by atoms with Crippen LogP contribution in [-0.4, -0.2) is 25.9 Å². The van der Waals surface area contributed by atoms with Crippen molar-refractivity contribution in [2.24, 2.45) is 0 Å². The molecule has 166 valence electrons. The molecule has 0 bridgehead atoms. The third-order valence-electron chi connectivity index (χ3n) is 6.66. The lowest BCUT2D eigenvalue weighted by Gasteiger charge is -2.17. The normalized spacial score (nSPS) is 14.9. The van der Waals surface area contributed by atoms with Gasteiger partial charge in [-0.05, 0) is 35.4 Å². The maximum atomic E-state index is 13.3. The van der Waals surface area contributed by atoms with Crippen molar-refractivity contribution in [3.05, 3.63) is 103 Å². The van der Waals surface area contributed by atoms with Crippen molar-refractivity contribution in [2.45, 2.75) is 0 Å². The number of nitrogens with zero attached hydrogens (tertiary/aromatic N) is 2. The average Bonchev–Trinajstić information content (AvgIpc) is 3.25. The van der Waals surface area contributed by atoms with E-state index < -0.39 is 0 Å². The molecule has 6 rings (SSSR count). The predicted molar refractivity (Wildman–Crippen MR) is 143 cm³/mol. The fourth-order valence-electron chi connectivity index (χ4n) is 5.06. The monoisotopic (exact) mass is 572 g/mol. The van der Waals surface area contributed by atoms with E-state index in [1.165, 1.54) is 0 Å². The molecular formula is C28H18Br2N2O2. The van der Waals surface area contributed by atoms with Gasteiger partial charge in [-0.1, -0.05) is 80.4 Å². The Balaban J connectivity index is 1.66. The van der Waals surface area contributed by atoms with Crippen LogP contribution in [0.5, 0.6) is 0 Å². The van der Waals surface area contributed by atoms with E-state index in [0.717, 1.165) is 52.7 Å². The molecule has 2 heterocycles. The zero-order valence-corrected chi connectivity index (χ0v) is 21.6. The first-order valence-electron chi connectivity index (χ1n) is 10.8. The number of carbonyl (C=O) groups is 2. The summed E-state index contributed by atoms with van der Waals surface area (Å²) in [5.41, 5.74) is 4.91. The summed E-state index contributed by atoms with van der Waals surface area (Å²) in [5, 5.41) is 3.73. The van der Waals surface area contributed by atoms with Gasteiger partial charge in [0.1, 0.15) is 0 Å². The highest BCUT2D eigenvalue weighted by molar-refractivity contribution is 9.10. The molecule has 0 aromatic heterocycles. The minimum absolute atomic E-state index is 0.0307. The number of likely N-dealkylation sites (N-methyl/N-ethyl adjacent to an activating group) is 2. The highest BCUT2D eigenvalue weighted by Gasteiger charge is 2.32. The summed E-state index contributed by atoms with van der Waals surface area (Å²) in [5.74, 6) is -0.0614. The molecule has 6 heteroatoms. The topological polar surface area (TPSA) is 40.6 Å². The summed E-state index contributed by atoms with van der Waals surface area (Å²) < 4.78 is 1.94. The third-order valence-corrected chi connectivity index (χ3v) is 7.71. The molecule has 0 saturated heterocycles. The van der Waals surface area contributed by atoms with E-state index in [-0.39, 0.29) is 11.8 Å². The molecule has 2 aliphatic heterocycles. The standard InChI is InChI=1S/C28H18Br2N2O2/c1-31-25-19-11-14-22-24(16-5-9-18(30)10-6-16)28(34)32(2)26(22)20(19)12-13-21(25)23(27(31)33)15-3-7-17(29)8-4-15/h3-14H,1-2H3. The quantitative estimate of drug-likeness (QED) is 0.348. The summed E-state index contributed by atoms with van der Waals surface area (Å²) in [4.78, 5) is 30.1. The average molecular weight is 574 g/mol. The van der Waals surface area contributed by atoms with Crippen molar-refractivity contribution in [1.82, 2.24) is 0 Å². The van der Waals surface area contributed by atoms with E-state index in [9.17, 15) is 9.59 Å². The summed E-state index contributed by atoms with van der Waals surface area (Å²) in [6, 6.07) is 23.7. The summed E-state index contributed by atoms with van der Waals surface area (Å²) >= 11 is 6.94. The fraction of sp³-hybridized carbons (Fsp3) is 0.0714. The number of fused-ring (bicyclic) bond motifs is 5. The molecule has 0 N–H and O–H groups in total. The molecule has 4 aromatic rings. The molecule has 4 nitrogen and oxygen atoms in total. The van der Waals surface area contributed by atoms with E-state index in [1.54, 1.807) is 9.80 Å². The number of hydrogen-bond acceptors (Lipinski definition) is 2. The zero-order chi connectivity index (χ0) is 23.7. The Bertz CT molecular complexity index is 1550. The van der Waals surface area contributed by atoms with Crippen LogP contribution >= 0.6 is 31.9 Å². The van der Waals surface area contributed by atoms with Gasteiger partial charge in [0.15, 0.2) is 0 Å². The number of rotatable bonds is 2. The van der Waals surface area contributed by atoms with Gasteiger partial charge < -0.3 is 9.80 Å². The summed E-state index contributed by atoms with van der Waals surface area (Å²) in [6.45, 7) is 0. The Morgan fingerprint density at radius 3 is 1.24 bits per heavy atom. The van der Waals surface area contributed by atoms with Gasteiger partial charge in [-0.2, -0.15) is 0 Å². The first-order valence-corrected chi connectivity index (χ1v) is 12.4. The van der Waals surface area contributed by atoms with Gasteiger partial charge in [-0.3, -0.25) is 9.59 Å². The molecule has 0 fully saturated rings. The van der Waals surface area contributed by atoms with E-state index in [1.807, 2.05) is 86.9 Å². The smallest absolute Gasteiger partial charge is 0.259 e. The number of hydrogen-bond donors (Lipinski definition) is 0. The molecule has 34 heavy (non-hydrogen) atoms. The third kappa shape index (κ3) is 2.95. The van der Waals surface area contributed by atoms with Gasteiger partial charge in [-0.15, -0.1) is 0 Å². The molecule has 0 atom stereocenters. The Labute approximate surface area is 213 Å². The maximum absolute atomic E-state index is 13.3. The SMILES string of the molecule is CN1C(=O)C(c2ccc(Br)cc2)=c2ccc3c4c(ccc3c21)=C(c1ccc(Br)cc1)C(=O)N4C. The molecule has 2 aliphatic rings. The van der Waals surface area contributed by atoms with Crippen LogP contribution in [0.2, 0.25) is 0 Å². The number of benzene rings is 4. The second kappa shape index (κ2) is 7.65. The largest absolute Gasteiger partial charge is 0.310 e. The Kier molecular flexibility index (Phi) is 4.80. The molecule has 0 aliphatic carbocycles.